The molecule has 23 heavy (non-hydrogen) atoms. The fourth-order valence-corrected chi connectivity index (χ4v) is 2.95. The number of nitrogens with two attached hydrogens (primary N) is 2. The SMILES string of the molecule is N=C(N)c1ccc(-c2cnc(-c3ccc(C(=N)N)nc3)s2)cc1. The molecule has 6 nitrogen and oxygen atoms in total. The number of nitrogen functional groups attached to an aromatic ring is 2. The van der Waals surface area contributed by atoms with Gasteiger partial charge in [0.15, 0.2) is 0 Å². The molecule has 0 radical (unpaired) electrons. The Bertz CT molecular complexity index is 792. The maximum absolute atomic E-state index is 7.41. The summed E-state index contributed by atoms with van der Waals surface area (Å²) in [6.45, 7) is 0. The van der Waals surface area contributed by atoms with Crippen LogP contribution in [0.25, 0.3) is 21.0 Å². The fraction of sp³-hybridized carbons (Fsp3) is 0. The van der Waals surface area contributed by atoms with Crippen LogP contribution >= 0.6 is 11.3 Å². The molecular formula is C16H14N6S. The summed E-state index contributed by atoms with van der Waals surface area (Å²) in [5.74, 6) is 0.000109. The second-order valence-electron chi connectivity index (χ2n) is 4.87. The molecule has 0 fully saturated rings. The maximum Gasteiger partial charge on any atom is 0.141 e. The van der Waals surface area contributed by atoms with Crippen LogP contribution in [0.2, 0.25) is 0 Å². The molecule has 0 aliphatic rings. The molecule has 0 unspecified atom stereocenters. The minimum atomic E-state index is -0.0538. The number of pyridine rings is 1. The molecule has 0 bridgehead atoms. The van der Waals surface area contributed by atoms with Crippen LogP contribution in [0.15, 0.2) is 48.8 Å². The van der Waals surface area contributed by atoms with Gasteiger partial charge in [0, 0.05) is 23.5 Å². The van der Waals surface area contributed by atoms with Gasteiger partial charge in [0.25, 0.3) is 0 Å². The zero-order valence-electron chi connectivity index (χ0n) is 12.1. The van der Waals surface area contributed by atoms with Crippen molar-refractivity contribution in [1.29, 1.82) is 10.8 Å². The highest BCUT2D eigenvalue weighted by Gasteiger charge is 2.08. The van der Waals surface area contributed by atoms with E-state index in [1.54, 1.807) is 23.6 Å². The summed E-state index contributed by atoms with van der Waals surface area (Å²) in [7, 11) is 0. The van der Waals surface area contributed by atoms with E-state index in [1.165, 1.54) is 0 Å². The van der Waals surface area contributed by atoms with E-state index in [9.17, 15) is 0 Å². The molecule has 0 saturated heterocycles. The summed E-state index contributed by atoms with van der Waals surface area (Å²) >= 11 is 1.55. The topological polar surface area (TPSA) is 126 Å². The third-order valence-electron chi connectivity index (χ3n) is 3.27. The van der Waals surface area contributed by atoms with E-state index in [0.29, 0.717) is 11.3 Å². The van der Waals surface area contributed by atoms with Gasteiger partial charge in [0.2, 0.25) is 0 Å². The van der Waals surface area contributed by atoms with Crippen LogP contribution in [0.4, 0.5) is 0 Å². The van der Waals surface area contributed by atoms with Crippen molar-refractivity contribution in [3.63, 3.8) is 0 Å². The normalized spacial score (nSPS) is 10.4. The molecule has 7 heteroatoms. The van der Waals surface area contributed by atoms with Gasteiger partial charge in [0.1, 0.15) is 22.4 Å². The molecule has 3 aromatic rings. The standard InChI is InChI=1S/C16H14N6S/c17-14(18)10-3-1-9(2-4-10)13-8-22-16(23-13)11-5-6-12(15(19)20)21-7-11/h1-8H,(H3,17,18)(H3,19,20). The Labute approximate surface area is 136 Å². The summed E-state index contributed by atoms with van der Waals surface area (Å²) in [5.41, 5.74) is 13.9. The minimum Gasteiger partial charge on any atom is -0.384 e. The second-order valence-corrected chi connectivity index (χ2v) is 5.90. The van der Waals surface area contributed by atoms with Crippen molar-refractivity contribution in [1.82, 2.24) is 9.97 Å². The Hall–Kier alpha value is -3.06. The summed E-state index contributed by atoms with van der Waals surface area (Å²) in [4.78, 5) is 9.59. The van der Waals surface area contributed by atoms with Crippen molar-refractivity contribution in [3.05, 3.63) is 60.0 Å². The Morgan fingerprint density at radius 2 is 1.52 bits per heavy atom. The molecule has 0 amide bonds. The summed E-state index contributed by atoms with van der Waals surface area (Å²) in [6, 6.07) is 11.0. The average Bonchev–Trinajstić information content (AvgIpc) is 3.05. The monoisotopic (exact) mass is 322 g/mol. The molecule has 3 rings (SSSR count). The van der Waals surface area contributed by atoms with Crippen LogP contribution < -0.4 is 11.5 Å². The van der Waals surface area contributed by atoms with Gasteiger partial charge in [-0.2, -0.15) is 0 Å². The minimum absolute atomic E-state index is 0.0538. The van der Waals surface area contributed by atoms with Crippen LogP contribution in [-0.2, 0) is 0 Å². The highest BCUT2D eigenvalue weighted by atomic mass is 32.1. The smallest absolute Gasteiger partial charge is 0.141 e. The molecule has 0 spiro atoms. The Kier molecular flexibility index (Phi) is 3.86. The molecule has 114 valence electrons. The second kappa shape index (κ2) is 5.98. The number of nitrogens with one attached hydrogen (secondary N) is 2. The highest BCUT2D eigenvalue weighted by molar-refractivity contribution is 7.18. The predicted molar refractivity (Wildman–Crippen MR) is 92.8 cm³/mol. The van der Waals surface area contributed by atoms with Crippen molar-refractivity contribution in [2.24, 2.45) is 11.5 Å². The summed E-state index contributed by atoms with van der Waals surface area (Å²) in [6.07, 6.45) is 3.47. The number of rotatable bonds is 4. The van der Waals surface area contributed by atoms with Gasteiger partial charge in [-0.15, -0.1) is 11.3 Å². The first-order valence-corrected chi connectivity index (χ1v) is 7.58. The predicted octanol–water partition coefficient (Wildman–Crippen LogP) is 2.44. The van der Waals surface area contributed by atoms with Crippen LogP contribution in [0, 0.1) is 10.8 Å². The van der Waals surface area contributed by atoms with Crippen molar-refractivity contribution >= 4 is 23.0 Å². The molecule has 1 aromatic carbocycles. The molecule has 6 N–H and O–H groups in total. The van der Waals surface area contributed by atoms with Gasteiger partial charge in [-0.3, -0.25) is 15.8 Å². The lowest BCUT2D eigenvalue weighted by molar-refractivity contribution is 1.25. The fourth-order valence-electron chi connectivity index (χ4n) is 2.03. The number of nitrogens with zero attached hydrogens (tertiary/aromatic N) is 2. The molecule has 2 aromatic heterocycles. The first-order valence-electron chi connectivity index (χ1n) is 6.76. The third-order valence-corrected chi connectivity index (χ3v) is 4.37. The van der Waals surface area contributed by atoms with Crippen LogP contribution in [-0.4, -0.2) is 21.6 Å². The summed E-state index contributed by atoms with van der Waals surface area (Å²) < 4.78 is 0. The van der Waals surface area contributed by atoms with Gasteiger partial charge in [-0.05, 0) is 17.7 Å². The van der Waals surface area contributed by atoms with Crippen LogP contribution in [0.5, 0.6) is 0 Å². The first kappa shape index (κ1) is 14.9. The lowest BCUT2D eigenvalue weighted by Crippen LogP contribution is -2.12. The average molecular weight is 322 g/mol. The van der Waals surface area contributed by atoms with Crippen molar-refractivity contribution < 1.29 is 0 Å². The number of aromatic nitrogens is 2. The number of benzene rings is 1. The van der Waals surface area contributed by atoms with Crippen LogP contribution in [0.1, 0.15) is 11.3 Å². The van der Waals surface area contributed by atoms with E-state index in [2.05, 4.69) is 9.97 Å². The van der Waals surface area contributed by atoms with Gasteiger partial charge in [0.05, 0.1) is 4.88 Å². The number of hydrogen-bond donors (Lipinski definition) is 4. The van der Waals surface area contributed by atoms with Gasteiger partial charge in [-0.25, -0.2) is 4.98 Å². The molecule has 0 atom stereocenters. The number of thiazole rings is 1. The first-order chi connectivity index (χ1) is 11.0. The number of hydrogen-bond acceptors (Lipinski definition) is 5. The Balaban J connectivity index is 1.87. The molecule has 0 saturated carbocycles. The largest absolute Gasteiger partial charge is 0.384 e. The quantitative estimate of drug-likeness (QED) is 0.435. The van der Waals surface area contributed by atoms with Gasteiger partial charge < -0.3 is 11.5 Å². The molecule has 0 aliphatic heterocycles. The Morgan fingerprint density at radius 1 is 0.826 bits per heavy atom. The van der Waals surface area contributed by atoms with Gasteiger partial charge >= 0.3 is 0 Å². The molecule has 0 aliphatic carbocycles. The maximum atomic E-state index is 7.41. The van der Waals surface area contributed by atoms with Crippen molar-refractivity contribution in [2.45, 2.75) is 0 Å². The lowest BCUT2D eigenvalue weighted by atomic mass is 10.1. The highest BCUT2D eigenvalue weighted by Crippen LogP contribution is 2.31. The van der Waals surface area contributed by atoms with Gasteiger partial charge in [-0.1, -0.05) is 24.3 Å². The van der Waals surface area contributed by atoms with E-state index in [4.69, 9.17) is 22.3 Å². The third kappa shape index (κ3) is 3.09. The van der Waals surface area contributed by atoms with E-state index < -0.39 is 0 Å². The van der Waals surface area contributed by atoms with Crippen LogP contribution in [0.3, 0.4) is 0 Å². The van der Waals surface area contributed by atoms with E-state index in [0.717, 1.165) is 21.0 Å². The number of amidine groups is 2. The van der Waals surface area contributed by atoms with E-state index in [-0.39, 0.29) is 11.7 Å². The van der Waals surface area contributed by atoms with Crippen molar-refractivity contribution in [3.8, 4) is 21.0 Å². The van der Waals surface area contributed by atoms with E-state index >= 15 is 0 Å². The zero-order chi connectivity index (χ0) is 16.4. The lowest BCUT2D eigenvalue weighted by Gasteiger charge is -2.00. The molecular weight excluding hydrogens is 308 g/mol. The Morgan fingerprint density at radius 3 is 2.09 bits per heavy atom. The molecule has 2 heterocycles. The van der Waals surface area contributed by atoms with E-state index in [1.807, 2.05) is 36.5 Å². The summed E-state index contributed by atoms with van der Waals surface area (Å²) in [5, 5.41) is 15.6. The zero-order valence-corrected chi connectivity index (χ0v) is 12.9. The van der Waals surface area contributed by atoms with Crippen molar-refractivity contribution in [2.75, 3.05) is 0 Å².